The van der Waals surface area contributed by atoms with Gasteiger partial charge >= 0.3 is 0 Å². The first-order valence-electron chi connectivity index (χ1n) is 10.2. The molecule has 2 unspecified atom stereocenters. The van der Waals surface area contributed by atoms with Gasteiger partial charge in [-0.25, -0.2) is 23.1 Å². The highest BCUT2D eigenvalue weighted by Crippen LogP contribution is 2.36. The largest absolute Gasteiger partial charge is 0.352 e. The predicted octanol–water partition coefficient (Wildman–Crippen LogP) is 3.66. The lowest BCUT2D eigenvalue weighted by Crippen LogP contribution is -2.57. The molecule has 0 spiro atoms. The lowest BCUT2D eigenvalue weighted by Gasteiger charge is -2.43. The molecule has 4 rings (SSSR count). The number of nitrogens with zero attached hydrogens (tertiary/aromatic N) is 6. The molecule has 1 saturated heterocycles. The zero-order valence-electron chi connectivity index (χ0n) is 17.8. The van der Waals surface area contributed by atoms with Crippen molar-refractivity contribution >= 4 is 23.5 Å². The SMILES string of the molecule is CC1CC(F)(F)CN(C(=O)c2nn(C)cc2-c2ccc(F)cn2)C1CNc1ncc(Cl)cn1. The quantitative estimate of drug-likeness (QED) is 0.600. The number of aryl methyl sites for hydroxylation is 1. The Labute approximate surface area is 192 Å². The monoisotopic (exact) mass is 479 g/mol. The number of hydrogen-bond donors (Lipinski definition) is 1. The smallest absolute Gasteiger partial charge is 0.275 e. The molecule has 1 aliphatic heterocycles. The number of hydrogen-bond acceptors (Lipinski definition) is 6. The molecule has 3 aromatic rings. The maximum absolute atomic E-state index is 14.5. The molecule has 1 aliphatic rings. The van der Waals surface area contributed by atoms with E-state index in [2.05, 4.69) is 25.4 Å². The van der Waals surface area contributed by atoms with E-state index >= 15 is 0 Å². The molecule has 33 heavy (non-hydrogen) atoms. The summed E-state index contributed by atoms with van der Waals surface area (Å²) in [7, 11) is 1.61. The maximum Gasteiger partial charge on any atom is 0.275 e. The van der Waals surface area contributed by atoms with Gasteiger partial charge in [-0.3, -0.25) is 14.5 Å². The zero-order chi connectivity index (χ0) is 23.8. The van der Waals surface area contributed by atoms with Gasteiger partial charge in [0.2, 0.25) is 5.95 Å². The van der Waals surface area contributed by atoms with Crippen LogP contribution in [0.2, 0.25) is 5.02 Å². The fourth-order valence-electron chi connectivity index (χ4n) is 3.98. The Kier molecular flexibility index (Phi) is 6.24. The Balaban J connectivity index is 1.64. The second-order valence-electron chi connectivity index (χ2n) is 8.07. The Morgan fingerprint density at radius 3 is 2.64 bits per heavy atom. The maximum atomic E-state index is 14.5. The van der Waals surface area contributed by atoms with Crippen LogP contribution in [0.5, 0.6) is 0 Å². The van der Waals surface area contributed by atoms with Crippen LogP contribution in [-0.2, 0) is 7.05 Å². The number of pyridine rings is 1. The van der Waals surface area contributed by atoms with Gasteiger partial charge in [0.15, 0.2) is 5.69 Å². The van der Waals surface area contributed by atoms with Crippen molar-refractivity contribution in [2.45, 2.75) is 25.3 Å². The molecule has 0 bridgehead atoms. The second-order valence-corrected chi connectivity index (χ2v) is 8.51. The molecular weight excluding hydrogens is 459 g/mol. The van der Waals surface area contributed by atoms with E-state index in [0.29, 0.717) is 16.3 Å². The Hall–Kier alpha value is -3.21. The van der Waals surface area contributed by atoms with Crippen LogP contribution < -0.4 is 5.32 Å². The number of rotatable bonds is 5. The van der Waals surface area contributed by atoms with Crippen molar-refractivity contribution in [1.29, 1.82) is 0 Å². The van der Waals surface area contributed by atoms with Gasteiger partial charge in [0.05, 0.1) is 47.5 Å². The minimum Gasteiger partial charge on any atom is -0.352 e. The lowest BCUT2D eigenvalue weighted by atomic mass is 9.88. The first kappa shape index (κ1) is 23.0. The number of carbonyl (C=O) groups excluding carboxylic acids is 1. The van der Waals surface area contributed by atoms with Crippen LogP contribution in [0.25, 0.3) is 11.3 Å². The Bertz CT molecular complexity index is 1140. The first-order chi connectivity index (χ1) is 15.6. The van der Waals surface area contributed by atoms with E-state index < -0.39 is 36.2 Å². The molecule has 3 aromatic heterocycles. The van der Waals surface area contributed by atoms with E-state index in [1.807, 2.05) is 0 Å². The van der Waals surface area contributed by atoms with Gasteiger partial charge in [-0.15, -0.1) is 0 Å². The van der Waals surface area contributed by atoms with Crippen LogP contribution in [0.4, 0.5) is 19.1 Å². The molecule has 2 atom stereocenters. The molecule has 0 aliphatic carbocycles. The molecule has 0 radical (unpaired) electrons. The van der Waals surface area contributed by atoms with Gasteiger partial charge < -0.3 is 10.2 Å². The second kappa shape index (κ2) is 8.97. The van der Waals surface area contributed by atoms with Crippen molar-refractivity contribution in [2.75, 3.05) is 18.4 Å². The number of piperidine rings is 1. The predicted molar refractivity (Wildman–Crippen MR) is 115 cm³/mol. The minimum absolute atomic E-state index is 0.0331. The van der Waals surface area contributed by atoms with Crippen molar-refractivity contribution in [3.63, 3.8) is 0 Å². The molecular formula is C21H21ClF3N7O. The van der Waals surface area contributed by atoms with E-state index in [-0.39, 0.29) is 24.6 Å². The molecule has 1 amide bonds. The van der Waals surface area contributed by atoms with Crippen molar-refractivity contribution in [3.05, 3.63) is 53.5 Å². The van der Waals surface area contributed by atoms with E-state index in [0.717, 1.165) is 11.1 Å². The summed E-state index contributed by atoms with van der Waals surface area (Å²) in [6.45, 7) is 1.07. The van der Waals surface area contributed by atoms with E-state index in [4.69, 9.17) is 11.6 Å². The van der Waals surface area contributed by atoms with Crippen molar-refractivity contribution in [1.82, 2.24) is 29.6 Å². The topological polar surface area (TPSA) is 88.8 Å². The molecule has 1 N–H and O–H groups in total. The van der Waals surface area contributed by atoms with Crippen molar-refractivity contribution in [3.8, 4) is 11.3 Å². The van der Waals surface area contributed by atoms with Crippen LogP contribution in [-0.4, -0.2) is 60.6 Å². The average Bonchev–Trinajstić information content (AvgIpc) is 3.15. The molecule has 0 saturated carbocycles. The summed E-state index contributed by atoms with van der Waals surface area (Å²) in [5, 5.41) is 7.56. The van der Waals surface area contributed by atoms with Crippen LogP contribution in [0, 0.1) is 11.7 Å². The summed E-state index contributed by atoms with van der Waals surface area (Å²) in [4.78, 5) is 26.7. The average molecular weight is 480 g/mol. The summed E-state index contributed by atoms with van der Waals surface area (Å²) >= 11 is 5.80. The number of nitrogens with one attached hydrogen (secondary N) is 1. The highest BCUT2D eigenvalue weighted by atomic mass is 35.5. The van der Waals surface area contributed by atoms with Gasteiger partial charge in [0.1, 0.15) is 5.82 Å². The highest BCUT2D eigenvalue weighted by Gasteiger charge is 2.46. The van der Waals surface area contributed by atoms with Crippen LogP contribution in [0.15, 0.2) is 36.9 Å². The Morgan fingerprint density at radius 2 is 1.97 bits per heavy atom. The third-order valence-corrected chi connectivity index (χ3v) is 5.66. The third kappa shape index (κ3) is 5.08. The van der Waals surface area contributed by atoms with E-state index in [1.165, 1.54) is 29.2 Å². The van der Waals surface area contributed by atoms with Gasteiger partial charge in [-0.1, -0.05) is 18.5 Å². The van der Waals surface area contributed by atoms with Crippen molar-refractivity contribution in [2.24, 2.45) is 13.0 Å². The van der Waals surface area contributed by atoms with Gasteiger partial charge in [-0.2, -0.15) is 5.10 Å². The first-order valence-corrected chi connectivity index (χ1v) is 10.6. The number of amides is 1. The van der Waals surface area contributed by atoms with Gasteiger partial charge in [0.25, 0.3) is 11.8 Å². The summed E-state index contributed by atoms with van der Waals surface area (Å²) in [6, 6.07) is 2.04. The van der Waals surface area contributed by atoms with Crippen LogP contribution in [0.3, 0.4) is 0 Å². The van der Waals surface area contributed by atoms with E-state index in [9.17, 15) is 18.0 Å². The summed E-state index contributed by atoms with van der Waals surface area (Å²) in [5.74, 6) is -4.49. The fourth-order valence-corrected chi connectivity index (χ4v) is 4.08. The van der Waals surface area contributed by atoms with Crippen molar-refractivity contribution < 1.29 is 18.0 Å². The molecule has 12 heteroatoms. The summed E-state index contributed by atoms with van der Waals surface area (Å²) in [6.07, 6.45) is 5.03. The van der Waals surface area contributed by atoms with Crippen LogP contribution >= 0.6 is 11.6 Å². The number of alkyl halides is 2. The van der Waals surface area contributed by atoms with Gasteiger partial charge in [-0.05, 0) is 18.1 Å². The Morgan fingerprint density at radius 1 is 1.24 bits per heavy atom. The number of anilines is 1. The number of halogens is 4. The number of carbonyl (C=O) groups is 1. The summed E-state index contributed by atoms with van der Waals surface area (Å²) < 4.78 is 43.7. The molecule has 174 valence electrons. The highest BCUT2D eigenvalue weighted by molar-refractivity contribution is 6.30. The molecule has 4 heterocycles. The zero-order valence-corrected chi connectivity index (χ0v) is 18.6. The van der Waals surface area contributed by atoms with Crippen LogP contribution in [0.1, 0.15) is 23.8 Å². The third-order valence-electron chi connectivity index (χ3n) is 5.46. The number of aromatic nitrogens is 5. The van der Waals surface area contributed by atoms with E-state index in [1.54, 1.807) is 20.2 Å². The normalized spacial score (nSPS) is 20.0. The lowest BCUT2D eigenvalue weighted by molar-refractivity contribution is -0.0898. The molecule has 1 fully saturated rings. The summed E-state index contributed by atoms with van der Waals surface area (Å²) in [5.41, 5.74) is 0.611. The van der Waals surface area contributed by atoms with Gasteiger partial charge in [0, 0.05) is 26.2 Å². The fraction of sp³-hybridized carbons (Fsp3) is 0.381. The molecule has 0 aromatic carbocycles. The standard InChI is InChI=1S/C21H21ClF3N7O/c1-12-5-21(24,25)11-32(17(12)9-29-20-27-6-13(22)7-28-20)19(33)18-15(10-31(2)30-18)16-4-3-14(23)8-26-16/h3-4,6-8,10,12,17H,5,9,11H2,1-2H3,(H,27,28,29). The minimum atomic E-state index is -3.05. The molecule has 8 nitrogen and oxygen atoms in total. The number of likely N-dealkylation sites (tertiary alicyclic amines) is 1.